The molecule has 2 rings (SSSR count). The third kappa shape index (κ3) is 5.62. The Morgan fingerprint density at radius 1 is 1.22 bits per heavy atom. The predicted molar refractivity (Wildman–Crippen MR) is 99.6 cm³/mol. The molecule has 0 saturated carbocycles. The van der Waals surface area contributed by atoms with Crippen LogP contribution in [0.25, 0.3) is 0 Å². The van der Waals surface area contributed by atoms with Gasteiger partial charge in [0.25, 0.3) is 5.69 Å². The lowest BCUT2D eigenvalue weighted by atomic mass is 10.2. The summed E-state index contributed by atoms with van der Waals surface area (Å²) in [7, 11) is -4.15. The summed E-state index contributed by atoms with van der Waals surface area (Å²) in [6, 6.07) is 10.7. The molecular formula is C15H13N3O7S2. The van der Waals surface area contributed by atoms with E-state index in [0.717, 1.165) is 6.07 Å². The van der Waals surface area contributed by atoms with Crippen LogP contribution in [0.2, 0.25) is 0 Å². The van der Waals surface area contributed by atoms with Crippen LogP contribution in [0, 0.1) is 10.1 Å². The van der Waals surface area contributed by atoms with Gasteiger partial charge in [0.05, 0.1) is 22.5 Å². The molecular weight excluding hydrogens is 398 g/mol. The smallest absolute Gasteiger partial charge is 0.405 e. The minimum atomic E-state index is -4.15. The molecule has 0 spiro atoms. The van der Waals surface area contributed by atoms with Crippen LogP contribution >= 0.6 is 12.2 Å². The monoisotopic (exact) mass is 411 g/mol. The summed E-state index contributed by atoms with van der Waals surface area (Å²) in [6.45, 7) is -0.248. The number of anilines is 1. The minimum Gasteiger partial charge on any atom is -0.465 e. The zero-order valence-electron chi connectivity index (χ0n) is 13.5. The van der Waals surface area contributed by atoms with E-state index in [2.05, 4.69) is 5.32 Å². The second-order valence-corrected chi connectivity index (χ2v) is 7.03. The van der Waals surface area contributed by atoms with Gasteiger partial charge in [-0.05, 0) is 24.3 Å². The number of hydrogen-bond acceptors (Lipinski definition) is 7. The van der Waals surface area contributed by atoms with Crippen LogP contribution in [0.5, 0.6) is 5.75 Å². The predicted octanol–water partition coefficient (Wildman–Crippen LogP) is 2.37. The van der Waals surface area contributed by atoms with E-state index in [4.69, 9.17) is 21.5 Å². The maximum absolute atomic E-state index is 12.2. The number of nitro benzene ring substituents is 1. The molecule has 1 amide bonds. The van der Waals surface area contributed by atoms with E-state index in [9.17, 15) is 23.3 Å². The van der Waals surface area contributed by atoms with Gasteiger partial charge in [-0.1, -0.05) is 30.4 Å². The van der Waals surface area contributed by atoms with E-state index < -0.39 is 26.8 Å². The van der Waals surface area contributed by atoms with Crippen molar-refractivity contribution in [2.45, 2.75) is 4.90 Å². The molecule has 0 unspecified atom stereocenters. The van der Waals surface area contributed by atoms with Crippen LogP contribution in [-0.4, -0.2) is 36.1 Å². The van der Waals surface area contributed by atoms with E-state index in [1.54, 1.807) is 6.07 Å². The van der Waals surface area contributed by atoms with Gasteiger partial charge in [-0.25, -0.2) is 4.79 Å². The Morgan fingerprint density at radius 3 is 2.48 bits per heavy atom. The van der Waals surface area contributed by atoms with Crippen LogP contribution in [-0.2, 0) is 10.1 Å². The molecule has 12 heteroatoms. The Kier molecular flexibility index (Phi) is 6.26. The molecule has 0 aliphatic heterocycles. The van der Waals surface area contributed by atoms with Crippen molar-refractivity contribution in [1.82, 2.24) is 5.32 Å². The third-order valence-corrected chi connectivity index (χ3v) is 4.59. The average molecular weight is 411 g/mol. The van der Waals surface area contributed by atoms with Crippen molar-refractivity contribution in [3.63, 3.8) is 0 Å². The van der Waals surface area contributed by atoms with Crippen LogP contribution in [0.1, 0.15) is 0 Å². The molecule has 0 aliphatic rings. The fraction of sp³-hybridized carbons (Fsp3) is 0.0667. The molecule has 0 aliphatic carbocycles. The summed E-state index contributed by atoms with van der Waals surface area (Å²) < 4.78 is 29.3. The molecule has 2 aromatic rings. The summed E-state index contributed by atoms with van der Waals surface area (Å²) in [5.74, 6) is -0.259. The van der Waals surface area contributed by atoms with E-state index in [1.165, 1.54) is 36.4 Å². The number of benzene rings is 2. The zero-order valence-corrected chi connectivity index (χ0v) is 15.1. The second-order valence-electron chi connectivity index (χ2n) is 4.99. The van der Waals surface area contributed by atoms with Gasteiger partial charge in [-0.3, -0.25) is 10.1 Å². The number of hydrogen-bond donors (Lipinski definition) is 3. The maximum atomic E-state index is 12.2. The number of nitro groups is 1. The molecule has 0 atom stereocenters. The van der Waals surface area contributed by atoms with Crippen molar-refractivity contribution in [3.05, 3.63) is 58.6 Å². The number of carboxylic acid groups (broad SMARTS) is 1. The normalized spacial score (nSPS) is 10.7. The lowest BCUT2D eigenvalue weighted by molar-refractivity contribution is -0.383. The first kappa shape index (κ1) is 20.1. The van der Waals surface area contributed by atoms with E-state index in [1.807, 2.05) is 5.32 Å². The average Bonchev–Trinajstić information content (AvgIpc) is 2.61. The van der Waals surface area contributed by atoms with Gasteiger partial charge in [0.1, 0.15) is 16.3 Å². The number of rotatable bonds is 7. The van der Waals surface area contributed by atoms with Crippen molar-refractivity contribution < 1.29 is 27.4 Å². The molecule has 0 heterocycles. The van der Waals surface area contributed by atoms with Gasteiger partial charge in [-0.15, -0.1) is 0 Å². The van der Waals surface area contributed by atoms with Gasteiger partial charge < -0.3 is 19.9 Å². The van der Waals surface area contributed by atoms with Crippen LogP contribution in [0.15, 0.2) is 53.4 Å². The number of amides is 1. The molecule has 0 fully saturated rings. The molecule has 142 valence electrons. The molecule has 2 aromatic carbocycles. The lowest BCUT2D eigenvalue weighted by Gasteiger charge is -2.11. The summed E-state index contributed by atoms with van der Waals surface area (Å²) in [6.07, 6.45) is -1.30. The van der Waals surface area contributed by atoms with Crippen LogP contribution < -0.4 is 14.8 Å². The maximum Gasteiger partial charge on any atom is 0.405 e. The second kappa shape index (κ2) is 8.42. The number of carbonyl (C=O) groups is 1. The first-order chi connectivity index (χ1) is 12.7. The molecule has 0 bridgehead atoms. The van der Waals surface area contributed by atoms with Crippen molar-refractivity contribution in [3.8, 4) is 5.75 Å². The Balaban J connectivity index is 2.23. The summed E-state index contributed by atoms with van der Waals surface area (Å²) in [5, 5.41) is 24.3. The number of nitrogens with zero attached hydrogens (tertiary/aromatic N) is 1. The molecule has 27 heavy (non-hydrogen) atoms. The highest BCUT2D eigenvalue weighted by Crippen LogP contribution is 2.30. The molecule has 0 radical (unpaired) electrons. The highest BCUT2D eigenvalue weighted by atomic mass is 32.2. The Bertz CT molecular complexity index is 978. The van der Waals surface area contributed by atoms with Crippen molar-refractivity contribution in [1.29, 1.82) is 0 Å². The first-order valence-electron chi connectivity index (χ1n) is 7.23. The quantitative estimate of drug-likeness (QED) is 0.270. The van der Waals surface area contributed by atoms with Crippen molar-refractivity contribution >= 4 is 44.8 Å². The van der Waals surface area contributed by atoms with E-state index in [-0.39, 0.29) is 27.9 Å². The third-order valence-electron chi connectivity index (χ3n) is 3.08. The highest BCUT2D eigenvalue weighted by molar-refractivity contribution is 7.87. The van der Waals surface area contributed by atoms with Gasteiger partial charge in [0.15, 0.2) is 0 Å². The Morgan fingerprint density at radius 2 is 1.89 bits per heavy atom. The molecule has 10 nitrogen and oxygen atoms in total. The van der Waals surface area contributed by atoms with E-state index in [0.29, 0.717) is 0 Å². The summed E-state index contributed by atoms with van der Waals surface area (Å²) in [5.41, 5.74) is -0.532. The van der Waals surface area contributed by atoms with Gasteiger partial charge >= 0.3 is 16.2 Å². The van der Waals surface area contributed by atoms with Crippen molar-refractivity contribution in [2.24, 2.45) is 0 Å². The van der Waals surface area contributed by atoms with Gasteiger partial charge in [-0.2, -0.15) is 8.42 Å². The van der Waals surface area contributed by atoms with Gasteiger partial charge in [0.2, 0.25) is 0 Å². The largest absolute Gasteiger partial charge is 0.465 e. The SMILES string of the molecule is O=C(O)NCC(=S)Nc1ccc(OS(=O)(=O)c2ccccc2)cc1[N+](=O)[O-]. The van der Waals surface area contributed by atoms with Crippen molar-refractivity contribution in [2.75, 3.05) is 11.9 Å². The Hall–Kier alpha value is -3.25. The molecule has 3 N–H and O–H groups in total. The van der Waals surface area contributed by atoms with Crippen LogP contribution in [0.3, 0.4) is 0 Å². The fourth-order valence-electron chi connectivity index (χ4n) is 1.93. The molecule has 0 aromatic heterocycles. The highest BCUT2D eigenvalue weighted by Gasteiger charge is 2.21. The Labute approximate surface area is 159 Å². The standard InChI is InChI=1S/C15H13N3O7S2/c19-15(20)16-9-14(26)17-12-7-6-10(8-13(12)18(21)22)25-27(23,24)11-4-2-1-3-5-11/h1-8,16H,9H2,(H,17,26)(H,19,20). The van der Waals surface area contributed by atoms with Gasteiger partial charge in [0, 0.05) is 0 Å². The molecule has 0 saturated heterocycles. The summed E-state index contributed by atoms with van der Waals surface area (Å²) in [4.78, 5) is 20.8. The summed E-state index contributed by atoms with van der Waals surface area (Å²) >= 11 is 4.90. The zero-order chi connectivity index (χ0) is 20.0. The number of nitrogens with one attached hydrogen (secondary N) is 2. The lowest BCUT2D eigenvalue weighted by Crippen LogP contribution is -2.30. The minimum absolute atomic E-state index is 0.00826. The number of thiocarbonyl (C=S) groups is 1. The van der Waals surface area contributed by atoms with Crippen LogP contribution in [0.4, 0.5) is 16.2 Å². The van der Waals surface area contributed by atoms with E-state index >= 15 is 0 Å². The fourth-order valence-corrected chi connectivity index (χ4v) is 3.06. The first-order valence-corrected chi connectivity index (χ1v) is 9.05. The topological polar surface area (TPSA) is 148 Å².